The highest BCUT2D eigenvalue weighted by atomic mass is 32.1. The zero-order valence-electron chi connectivity index (χ0n) is 13.6. The number of thiazole rings is 1. The van der Waals surface area contributed by atoms with E-state index in [2.05, 4.69) is 37.4 Å². The highest BCUT2D eigenvalue weighted by Crippen LogP contribution is 2.32. The van der Waals surface area contributed by atoms with E-state index in [9.17, 15) is 0 Å². The van der Waals surface area contributed by atoms with Crippen LogP contribution in [0.2, 0.25) is 0 Å². The summed E-state index contributed by atoms with van der Waals surface area (Å²) in [6, 6.07) is 4.37. The third kappa shape index (κ3) is 2.60. The van der Waals surface area contributed by atoms with Crippen molar-refractivity contribution in [3.63, 3.8) is 0 Å². The number of nitrogens with zero attached hydrogens (tertiary/aromatic N) is 5. The third-order valence-electron chi connectivity index (χ3n) is 4.49. The Hall–Kier alpha value is -2.38. The van der Waals surface area contributed by atoms with Crippen molar-refractivity contribution >= 4 is 38.7 Å². The van der Waals surface area contributed by atoms with Crippen molar-refractivity contribution in [3.05, 3.63) is 52.5 Å². The largest absolute Gasteiger partial charge is 0.351 e. The van der Waals surface area contributed by atoms with E-state index in [0.717, 1.165) is 46.1 Å². The Labute approximate surface area is 153 Å². The number of aryl methyl sites for hydroxylation is 1. The van der Waals surface area contributed by atoms with Gasteiger partial charge in [-0.1, -0.05) is 0 Å². The molecule has 0 atom stereocenters. The van der Waals surface area contributed by atoms with Crippen molar-refractivity contribution < 1.29 is 0 Å². The van der Waals surface area contributed by atoms with Gasteiger partial charge in [-0.25, -0.2) is 15.0 Å². The molecule has 0 saturated heterocycles. The lowest BCUT2D eigenvalue weighted by molar-refractivity contribution is 0.705. The predicted molar refractivity (Wildman–Crippen MR) is 102 cm³/mol. The van der Waals surface area contributed by atoms with Gasteiger partial charge in [-0.05, 0) is 30.0 Å². The van der Waals surface area contributed by atoms with Crippen molar-refractivity contribution in [3.8, 4) is 10.4 Å². The maximum absolute atomic E-state index is 4.71. The van der Waals surface area contributed by atoms with Gasteiger partial charge in [0.1, 0.15) is 17.0 Å². The molecule has 124 valence electrons. The SMILES string of the molecule is Cc1ncc(-c2cnc3c(c2)CN(c2ncnc4sccc24)CC3)s1. The van der Waals surface area contributed by atoms with Crippen LogP contribution in [-0.4, -0.2) is 26.5 Å². The van der Waals surface area contributed by atoms with E-state index in [1.807, 2.05) is 19.3 Å². The summed E-state index contributed by atoms with van der Waals surface area (Å²) in [7, 11) is 0. The van der Waals surface area contributed by atoms with Crippen LogP contribution in [0.5, 0.6) is 0 Å². The molecular formula is C18H15N5S2. The van der Waals surface area contributed by atoms with Gasteiger partial charge in [-0.2, -0.15) is 0 Å². The van der Waals surface area contributed by atoms with E-state index < -0.39 is 0 Å². The summed E-state index contributed by atoms with van der Waals surface area (Å²) in [5.41, 5.74) is 3.61. The Morgan fingerprint density at radius 2 is 2.08 bits per heavy atom. The Kier molecular flexibility index (Phi) is 3.50. The molecule has 0 bridgehead atoms. The summed E-state index contributed by atoms with van der Waals surface area (Å²) in [5, 5.41) is 4.29. The van der Waals surface area contributed by atoms with Crippen LogP contribution in [0.1, 0.15) is 16.3 Å². The minimum absolute atomic E-state index is 0.829. The first-order valence-corrected chi connectivity index (χ1v) is 9.81. The lowest BCUT2D eigenvalue weighted by atomic mass is 10.0. The van der Waals surface area contributed by atoms with E-state index in [1.165, 1.54) is 16.1 Å². The summed E-state index contributed by atoms with van der Waals surface area (Å²) < 4.78 is 0. The molecule has 4 aromatic heterocycles. The fraction of sp³-hybridized carbons (Fsp3) is 0.222. The second-order valence-corrected chi connectivity index (χ2v) is 8.21. The molecule has 0 fully saturated rings. The first-order valence-electron chi connectivity index (χ1n) is 8.12. The summed E-state index contributed by atoms with van der Waals surface area (Å²) in [5.74, 6) is 1.02. The first kappa shape index (κ1) is 14.9. The van der Waals surface area contributed by atoms with Gasteiger partial charge in [-0.15, -0.1) is 22.7 Å². The minimum Gasteiger partial charge on any atom is -0.351 e. The molecule has 0 amide bonds. The molecule has 25 heavy (non-hydrogen) atoms. The molecule has 5 heterocycles. The number of aromatic nitrogens is 4. The molecule has 0 spiro atoms. The predicted octanol–water partition coefficient (Wildman–Crippen LogP) is 4.08. The maximum atomic E-state index is 4.71. The van der Waals surface area contributed by atoms with Gasteiger partial charge < -0.3 is 4.90 Å². The lowest BCUT2D eigenvalue weighted by Crippen LogP contribution is -2.31. The molecule has 0 unspecified atom stereocenters. The van der Waals surface area contributed by atoms with Crippen molar-refractivity contribution in [1.29, 1.82) is 0 Å². The van der Waals surface area contributed by atoms with E-state index in [4.69, 9.17) is 4.98 Å². The average Bonchev–Trinajstić information content (AvgIpc) is 3.29. The highest BCUT2D eigenvalue weighted by molar-refractivity contribution is 7.16. The Morgan fingerprint density at radius 1 is 1.12 bits per heavy atom. The van der Waals surface area contributed by atoms with Crippen molar-refractivity contribution in [2.75, 3.05) is 11.4 Å². The van der Waals surface area contributed by atoms with Gasteiger partial charge in [0.25, 0.3) is 0 Å². The number of thiophene rings is 1. The normalized spacial score (nSPS) is 14.0. The Bertz CT molecular complexity index is 1070. The molecule has 0 radical (unpaired) electrons. The Morgan fingerprint density at radius 3 is 2.96 bits per heavy atom. The van der Waals surface area contributed by atoms with Gasteiger partial charge in [-0.3, -0.25) is 4.98 Å². The number of anilines is 1. The van der Waals surface area contributed by atoms with Crippen LogP contribution in [-0.2, 0) is 13.0 Å². The summed E-state index contributed by atoms with van der Waals surface area (Å²) in [6.45, 7) is 3.79. The molecular weight excluding hydrogens is 350 g/mol. The first-order chi connectivity index (χ1) is 12.3. The van der Waals surface area contributed by atoms with E-state index in [0.29, 0.717) is 0 Å². The standard InChI is InChI=1S/C18H15N5S2/c1-11-19-8-16(25-11)12-6-13-9-23(4-2-15(13)20-7-12)17-14-3-5-24-18(14)22-10-21-17/h3,5-8,10H,2,4,9H2,1H3. The molecule has 5 nitrogen and oxygen atoms in total. The quantitative estimate of drug-likeness (QED) is 0.536. The number of pyridine rings is 1. The van der Waals surface area contributed by atoms with Gasteiger partial charge in [0, 0.05) is 43.2 Å². The van der Waals surface area contributed by atoms with Crippen molar-refractivity contribution in [2.45, 2.75) is 19.9 Å². The smallest absolute Gasteiger partial charge is 0.141 e. The second-order valence-electron chi connectivity index (χ2n) is 6.08. The molecule has 0 N–H and O–H groups in total. The molecule has 0 aromatic carbocycles. The van der Waals surface area contributed by atoms with Crippen LogP contribution >= 0.6 is 22.7 Å². The highest BCUT2D eigenvalue weighted by Gasteiger charge is 2.21. The van der Waals surface area contributed by atoms with Gasteiger partial charge in [0.2, 0.25) is 0 Å². The van der Waals surface area contributed by atoms with Gasteiger partial charge in [0.05, 0.1) is 15.3 Å². The molecule has 1 aliphatic rings. The van der Waals surface area contributed by atoms with Crippen LogP contribution in [0, 0.1) is 6.92 Å². The molecule has 0 saturated carbocycles. The minimum atomic E-state index is 0.829. The van der Waals surface area contributed by atoms with Crippen LogP contribution in [0.25, 0.3) is 20.7 Å². The molecule has 4 aromatic rings. The molecule has 1 aliphatic heterocycles. The third-order valence-corrected chi connectivity index (χ3v) is 6.27. The number of rotatable bonds is 2. The number of hydrogen-bond acceptors (Lipinski definition) is 7. The van der Waals surface area contributed by atoms with Gasteiger partial charge >= 0.3 is 0 Å². The zero-order valence-corrected chi connectivity index (χ0v) is 15.3. The van der Waals surface area contributed by atoms with E-state index in [-0.39, 0.29) is 0 Å². The summed E-state index contributed by atoms with van der Waals surface area (Å²) in [6.07, 6.45) is 6.51. The van der Waals surface area contributed by atoms with Crippen LogP contribution in [0.15, 0.2) is 36.2 Å². The molecule has 0 aliphatic carbocycles. The lowest BCUT2D eigenvalue weighted by Gasteiger charge is -2.29. The molecule has 5 rings (SSSR count). The topological polar surface area (TPSA) is 54.8 Å². The maximum Gasteiger partial charge on any atom is 0.141 e. The van der Waals surface area contributed by atoms with Crippen molar-refractivity contribution in [1.82, 2.24) is 19.9 Å². The average molecular weight is 365 g/mol. The number of hydrogen-bond donors (Lipinski definition) is 0. The van der Waals surface area contributed by atoms with E-state index in [1.54, 1.807) is 29.0 Å². The van der Waals surface area contributed by atoms with E-state index >= 15 is 0 Å². The fourth-order valence-corrected chi connectivity index (χ4v) is 4.75. The monoisotopic (exact) mass is 365 g/mol. The summed E-state index contributed by atoms with van der Waals surface area (Å²) >= 11 is 3.37. The Balaban J connectivity index is 1.52. The van der Waals surface area contributed by atoms with Crippen molar-refractivity contribution in [2.24, 2.45) is 0 Å². The fourth-order valence-electron chi connectivity index (χ4n) is 3.27. The summed E-state index contributed by atoms with van der Waals surface area (Å²) in [4.78, 5) is 22.5. The van der Waals surface area contributed by atoms with Crippen LogP contribution in [0.3, 0.4) is 0 Å². The van der Waals surface area contributed by atoms with Crippen LogP contribution < -0.4 is 4.90 Å². The number of fused-ring (bicyclic) bond motifs is 2. The second kappa shape index (κ2) is 5.86. The van der Waals surface area contributed by atoms with Crippen LogP contribution in [0.4, 0.5) is 5.82 Å². The molecule has 7 heteroatoms. The van der Waals surface area contributed by atoms with Gasteiger partial charge in [0.15, 0.2) is 0 Å². The zero-order chi connectivity index (χ0) is 16.8.